The third-order valence-corrected chi connectivity index (χ3v) is 5.91. The third-order valence-electron chi connectivity index (χ3n) is 5.91. The number of alkyl halides is 3. The van der Waals surface area contributed by atoms with Gasteiger partial charge in [0.1, 0.15) is 5.69 Å². The molecule has 0 unspecified atom stereocenters. The molecule has 3 heterocycles. The molecule has 9 heteroatoms. The maximum atomic E-state index is 13.0. The number of fused-ring (bicyclic) bond motifs is 2. The molecule has 1 aromatic rings. The quantitative estimate of drug-likeness (QED) is 0.799. The van der Waals surface area contributed by atoms with Gasteiger partial charge in [-0.25, -0.2) is 9.97 Å². The normalized spacial score (nSPS) is 26.1. The number of carbonyl (C=O) groups is 1. The summed E-state index contributed by atoms with van der Waals surface area (Å²) < 4.78 is 38.9. The first-order chi connectivity index (χ1) is 12.8. The van der Waals surface area contributed by atoms with Crippen molar-refractivity contribution in [3.8, 4) is 0 Å². The Kier molecular flexibility index (Phi) is 4.73. The highest BCUT2D eigenvalue weighted by atomic mass is 19.4. The third kappa shape index (κ3) is 3.88. The summed E-state index contributed by atoms with van der Waals surface area (Å²) in [7, 11) is 0. The molecule has 4 rings (SSSR count). The van der Waals surface area contributed by atoms with Crippen molar-refractivity contribution in [2.24, 2.45) is 5.92 Å². The molecule has 2 bridgehead atoms. The molecular formula is C18H24F3N5O. The lowest BCUT2D eigenvalue weighted by Crippen LogP contribution is -2.52. The van der Waals surface area contributed by atoms with Crippen LogP contribution in [0.25, 0.3) is 0 Å². The summed E-state index contributed by atoms with van der Waals surface area (Å²) in [6, 6.07) is 1.51. The molecule has 2 saturated heterocycles. The number of likely N-dealkylation sites (tertiary alicyclic amines) is 1. The van der Waals surface area contributed by atoms with E-state index >= 15 is 0 Å². The average molecular weight is 383 g/mol. The lowest BCUT2D eigenvalue weighted by atomic mass is 10.1. The number of hydrogen-bond donors (Lipinski definition) is 0. The average Bonchev–Trinajstić information content (AvgIpc) is 3.23. The van der Waals surface area contributed by atoms with E-state index in [0.717, 1.165) is 18.5 Å². The molecule has 148 valence electrons. The van der Waals surface area contributed by atoms with Crippen molar-refractivity contribution in [2.75, 3.05) is 44.2 Å². The van der Waals surface area contributed by atoms with Gasteiger partial charge in [0, 0.05) is 44.5 Å². The van der Waals surface area contributed by atoms with Crippen LogP contribution in [0.3, 0.4) is 0 Å². The maximum Gasteiger partial charge on any atom is 0.433 e. The second-order valence-corrected chi connectivity index (χ2v) is 7.82. The summed E-state index contributed by atoms with van der Waals surface area (Å²) >= 11 is 0. The SMILES string of the molecule is Cc1cc(C(F)(F)F)nc(N2CCN(C(=O)CN3C[C@H]4CC[C@@H]3C4)CC2)n1. The zero-order valence-electron chi connectivity index (χ0n) is 15.4. The molecule has 1 aromatic heterocycles. The Hall–Kier alpha value is -1.90. The molecule has 3 fully saturated rings. The molecular weight excluding hydrogens is 359 g/mol. The maximum absolute atomic E-state index is 13.0. The number of carbonyl (C=O) groups excluding carboxylic acids is 1. The van der Waals surface area contributed by atoms with Gasteiger partial charge in [0.05, 0.1) is 6.54 Å². The zero-order chi connectivity index (χ0) is 19.2. The Labute approximate surface area is 156 Å². The number of anilines is 1. The van der Waals surface area contributed by atoms with Gasteiger partial charge < -0.3 is 9.80 Å². The molecule has 1 saturated carbocycles. The van der Waals surface area contributed by atoms with Gasteiger partial charge in [-0.2, -0.15) is 13.2 Å². The summed E-state index contributed by atoms with van der Waals surface area (Å²) in [4.78, 5) is 26.3. The predicted molar refractivity (Wildman–Crippen MR) is 93.3 cm³/mol. The zero-order valence-corrected chi connectivity index (χ0v) is 15.4. The fraction of sp³-hybridized carbons (Fsp3) is 0.722. The molecule has 0 aromatic carbocycles. The first-order valence-corrected chi connectivity index (χ1v) is 9.49. The lowest BCUT2D eigenvalue weighted by Gasteiger charge is -2.36. The molecule has 27 heavy (non-hydrogen) atoms. The molecule has 3 aliphatic rings. The Balaban J connectivity index is 1.35. The van der Waals surface area contributed by atoms with E-state index in [4.69, 9.17) is 0 Å². The Morgan fingerprint density at radius 2 is 1.93 bits per heavy atom. The number of halogens is 3. The number of rotatable bonds is 3. The number of hydrogen-bond acceptors (Lipinski definition) is 5. The monoisotopic (exact) mass is 383 g/mol. The molecule has 1 amide bonds. The van der Waals surface area contributed by atoms with Crippen molar-refractivity contribution < 1.29 is 18.0 Å². The standard InChI is InChI=1S/C18H24F3N5O/c1-12-8-15(18(19,20)21)23-17(22-12)25-6-4-24(5-7-25)16(27)11-26-10-13-2-3-14(26)9-13/h8,13-14H,2-7,9-11H2,1H3/t13-,14+/m0/s1. The summed E-state index contributed by atoms with van der Waals surface area (Å²) in [5.41, 5.74) is -0.637. The van der Waals surface area contributed by atoms with Crippen LogP contribution in [0.5, 0.6) is 0 Å². The van der Waals surface area contributed by atoms with Gasteiger partial charge in [0.2, 0.25) is 11.9 Å². The van der Waals surface area contributed by atoms with Crippen LogP contribution in [-0.2, 0) is 11.0 Å². The molecule has 0 N–H and O–H groups in total. The number of nitrogens with zero attached hydrogens (tertiary/aromatic N) is 5. The summed E-state index contributed by atoms with van der Waals surface area (Å²) in [6.07, 6.45) is -0.801. The molecule has 0 radical (unpaired) electrons. The highest BCUT2D eigenvalue weighted by Gasteiger charge is 2.39. The highest BCUT2D eigenvalue weighted by molar-refractivity contribution is 5.78. The number of aromatic nitrogens is 2. The smallest absolute Gasteiger partial charge is 0.338 e. The summed E-state index contributed by atoms with van der Waals surface area (Å²) in [6.45, 7) is 4.87. The van der Waals surface area contributed by atoms with Gasteiger partial charge in [0.25, 0.3) is 0 Å². The lowest BCUT2D eigenvalue weighted by molar-refractivity contribution is -0.141. The van der Waals surface area contributed by atoms with Crippen molar-refractivity contribution in [3.05, 3.63) is 17.5 Å². The van der Waals surface area contributed by atoms with E-state index in [2.05, 4.69) is 14.9 Å². The van der Waals surface area contributed by atoms with Crippen molar-refractivity contribution in [3.63, 3.8) is 0 Å². The molecule has 2 atom stereocenters. The first-order valence-electron chi connectivity index (χ1n) is 9.49. The summed E-state index contributed by atoms with van der Waals surface area (Å²) in [5.74, 6) is 0.954. The van der Waals surface area contributed by atoms with Crippen LogP contribution in [-0.4, -0.2) is 71.0 Å². The van der Waals surface area contributed by atoms with Gasteiger partial charge in [-0.3, -0.25) is 9.69 Å². The van der Waals surface area contributed by atoms with Crippen LogP contribution in [0.15, 0.2) is 6.07 Å². The van der Waals surface area contributed by atoms with E-state index in [0.29, 0.717) is 38.8 Å². The topological polar surface area (TPSA) is 52.6 Å². The molecule has 6 nitrogen and oxygen atoms in total. The van der Waals surface area contributed by atoms with Crippen LogP contribution in [0.4, 0.5) is 19.1 Å². The van der Waals surface area contributed by atoms with Crippen LogP contribution in [0.1, 0.15) is 30.7 Å². The van der Waals surface area contributed by atoms with E-state index in [-0.39, 0.29) is 17.5 Å². The van der Waals surface area contributed by atoms with E-state index < -0.39 is 11.9 Å². The Morgan fingerprint density at radius 1 is 1.19 bits per heavy atom. The van der Waals surface area contributed by atoms with Gasteiger partial charge in [0.15, 0.2) is 0 Å². The second-order valence-electron chi connectivity index (χ2n) is 7.82. The van der Waals surface area contributed by atoms with Gasteiger partial charge >= 0.3 is 6.18 Å². The van der Waals surface area contributed by atoms with E-state index in [1.807, 2.05) is 4.90 Å². The Bertz CT molecular complexity index is 717. The summed E-state index contributed by atoms with van der Waals surface area (Å²) in [5, 5.41) is 0. The van der Waals surface area contributed by atoms with Gasteiger partial charge in [-0.1, -0.05) is 0 Å². The fourth-order valence-corrected chi connectivity index (χ4v) is 4.49. The highest BCUT2D eigenvalue weighted by Crippen LogP contribution is 2.37. The van der Waals surface area contributed by atoms with E-state index in [1.54, 1.807) is 4.90 Å². The minimum absolute atomic E-state index is 0.0891. The largest absolute Gasteiger partial charge is 0.433 e. The number of piperazine rings is 1. The molecule has 2 aliphatic heterocycles. The number of piperidine rings is 1. The number of amides is 1. The second kappa shape index (κ2) is 6.92. The Morgan fingerprint density at radius 3 is 2.52 bits per heavy atom. The first kappa shape index (κ1) is 18.5. The van der Waals surface area contributed by atoms with E-state index in [1.165, 1.54) is 26.2 Å². The van der Waals surface area contributed by atoms with Crippen molar-refractivity contribution in [1.82, 2.24) is 19.8 Å². The van der Waals surface area contributed by atoms with Crippen LogP contribution in [0, 0.1) is 12.8 Å². The van der Waals surface area contributed by atoms with Crippen molar-refractivity contribution in [2.45, 2.75) is 38.4 Å². The predicted octanol–water partition coefficient (Wildman–Crippen LogP) is 1.94. The molecule has 1 aliphatic carbocycles. The minimum Gasteiger partial charge on any atom is -0.338 e. The van der Waals surface area contributed by atoms with Crippen molar-refractivity contribution >= 4 is 11.9 Å². The van der Waals surface area contributed by atoms with Crippen LogP contribution in [0.2, 0.25) is 0 Å². The fourth-order valence-electron chi connectivity index (χ4n) is 4.49. The van der Waals surface area contributed by atoms with Gasteiger partial charge in [-0.15, -0.1) is 0 Å². The number of aryl methyl sites for hydroxylation is 1. The van der Waals surface area contributed by atoms with Crippen LogP contribution >= 0.6 is 0 Å². The molecule has 0 spiro atoms. The minimum atomic E-state index is -4.49. The van der Waals surface area contributed by atoms with Crippen LogP contribution < -0.4 is 4.90 Å². The van der Waals surface area contributed by atoms with Gasteiger partial charge in [-0.05, 0) is 38.2 Å². The van der Waals surface area contributed by atoms with E-state index in [9.17, 15) is 18.0 Å². The van der Waals surface area contributed by atoms with Crippen molar-refractivity contribution in [1.29, 1.82) is 0 Å².